The maximum absolute atomic E-state index is 12.8. The zero-order chi connectivity index (χ0) is 15.9. The van der Waals surface area contributed by atoms with E-state index in [2.05, 4.69) is 23.7 Å². The molecule has 2 atom stereocenters. The van der Waals surface area contributed by atoms with Gasteiger partial charge >= 0.3 is 0 Å². The Morgan fingerprint density at radius 3 is 2.68 bits per heavy atom. The number of amides is 1. The Bertz CT molecular complexity index is 623. The van der Waals surface area contributed by atoms with Gasteiger partial charge < -0.3 is 9.88 Å². The summed E-state index contributed by atoms with van der Waals surface area (Å²) in [5, 5.41) is 0. The molecule has 0 unspecified atom stereocenters. The van der Waals surface area contributed by atoms with Gasteiger partial charge in [-0.2, -0.15) is 0 Å². The number of hydrogen-bond acceptors (Lipinski definition) is 3. The van der Waals surface area contributed by atoms with E-state index < -0.39 is 0 Å². The quantitative estimate of drug-likeness (QED) is 0.906. The van der Waals surface area contributed by atoms with Crippen molar-refractivity contribution in [2.45, 2.75) is 58.2 Å². The smallest absolute Gasteiger partial charge is 0.255 e. The molecule has 3 rings (SSSR count). The van der Waals surface area contributed by atoms with E-state index in [1.807, 2.05) is 11.8 Å². The van der Waals surface area contributed by atoms with Crippen LogP contribution in [0, 0.1) is 6.92 Å². The lowest BCUT2D eigenvalue weighted by Crippen LogP contribution is -2.44. The predicted octanol–water partition coefficient (Wildman–Crippen LogP) is 1.77. The molecule has 1 aromatic rings. The van der Waals surface area contributed by atoms with Gasteiger partial charge in [-0.25, -0.2) is 0 Å². The van der Waals surface area contributed by atoms with E-state index in [1.54, 1.807) is 6.20 Å². The van der Waals surface area contributed by atoms with Crippen LogP contribution in [0.1, 0.15) is 49.0 Å². The molecule has 0 saturated carbocycles. The number of hydrogen-bond donors (Lipinski definition) is 1. The summed E-state index contributed by atoms with van der Waals surface area (Å²) in [4.78, 5) is 31.3. The van der Waals surface area contributed by atoms with E-state index >= 15 is 0 Å². The first-order chi connectivity index (χ1) is 10.5. The highest BCUT2D eigenvalue weighted by Crippen LogP contribution is 2.32. The molecule has 2 fully saturated rings. The van der Waals surface area contributed by atoms with E-state index in [4.69, 9.17) is 0 Å². The van der Waals surface area contributed by atoms with Crippen molar-refractivity contribution >= 4 is 5.91 Å². The zero-order valence-electron chi connectivity index (χ0n) is 13.6. The van der Waals surface area contributed by atoms with Crippen LogP contribution in [0.15, 0.2) is 17.1 Å². The number of fused-ring (bicyclic) bond motifs is 2. The third-order valence-corrected chi connectivity index (χ3v) is 5.08. The molecule has 1 amide bonds. The lowest BCUT2D eigenvalue weighted by atomic mass is 10.1. The molecule has 0 aliphatic carbocycles. The highest BCUT2D eigenvalue weighted by Gasteiger charge is 2.39. The van der Waals surface area contributed by atoms with Crippen LogP contribution in [-0.2, 0) is 0 Å². The second-order valence-electron chi connectivity index (χ2n) is 6.86. The number of H-pyrrole nitrogens is 1. The van der Waals surface area contributed by atoms with Gasteiger partial charge in [0.25, 0.3) is 5.91 Å². The number of nitrogens with zero attached hydrogens (tertiary/aromatic N) is 2. The Balaban J connectivity index is 1.81. The first-order valence-electron chi connectivity index (χ1n) is 8.23. The summed E-state index contributed by atoms with van der Waals surface area (Å²) in [6, 6.07) is 3.11. The van der Waals surface area contributed by atoms with Crippen LogP contribution in [0.4, 0.5) is 0 Å². The van der Waals surface area contributed by atoms with Crippen molar-refractivity contribution in [1.29, 1.82) is 0 Å². The number of pyridine rings is 1. The number of nitrogens with one attached hydrogen (secondary N) is 1. The minimum Gasteiger partial charge on any atom is -0.337 e. The lowest BCUT2D eigenvalue weighted by Gasteiger charge is -2.32. The summed E-state index contributed by atoms with van der Waals surface area (Å²) in [5.41, 5.74) is 1.22. The lowest BCUT2D eigenvalue weighted by molar-refractivity contribution is 0.0727. The molecule has 0 spiro atoms. The summed E-state index contributed by atoms with van der Waals surface area (Å²) in [7, 11) is 0. The van der Waals surface area contributed by atoms with Crippen LogP contribution in [0.2, 0.25) is 0 Å². The standard InChI is InChI=1S/C17H25N3O2/c1-11(2)20-13-4-5-14(20)10-19(7-6-13)17(22)15-9-18-16(21)8-12(15)3/h8-9,11,13-14H,4-7,10H2,1-3H3,(H,18,21)/t13-,14+/m1/s1. The Morgan fingerprint density at radius 2 is 2.00 bits per heavy atom. The Hall–Kier alpha value is -1.62. The Labute approximate surface area is 131 Å². The normalized spacial score (nSPS) is 25.5. The van der Waals surface area contributed by atoms with Crippen LogP contribution in [0.25, 0.3) is 0 Å². The highest BCUT2D eigenvalue weighted by atomic mass is 16.2. The van der Waals surface area contributed by atoms with Gasteiger partial charge in [-0.3, -0.25) is 14.5 Å². The summed E-state index contributed by atoms with van der Waals surface area (Å²) in [6.07, 6.45) is 5.03. The van der Waals surface area contributed by atoms with Gasteiger partial charge in [0, 0.05) is 43.5 Å². The van der Waals surface area contributed by atoms with E-state index in [1.165, 1.54) is 18.9 Å². The predicted molar refractivity (Wildman–Crippen MR) is 86.1 cm³/mol. The van der Waals surface area contributed by atoms with Crippen molar-refractivity contribution in [3.63, 3.8) is 0 Å². The van der Waals surface area contributed by atoms with Gasteiger partial charge in [0.15, 0.2) is 0 Å². The van der Waals surface area contributed by atoms with Crippen molar-refractivity contribution in [1.82, 2.24) is 14.8 Å². The van der Waals surface area contributed by atoms with Gasteiger partial charge in [0.2, 0.25) is 5.56 Å². The fraction of sp³-hybridized carbons (Fsp3) is 0.647. The summed E-state index contributed by atoms with van der Waals surface area (Å²) >= 11 is 0. The van der Waals surface area contributed by atoms with Gasteiger partial charge in [0.05, 0.1) is 5.56 Å². The molecule has 1 N–H and O–H groups in total. The molecule has 2 bridgehead atoms. The molecule has 1 aromatic heterocycles. The topological polar surface area (TPSA) is 56.4 Å². The Kier molecular flexibility index (Phi) is 4.08. The second kappa shape index (κ2) is 5.88. The fourth-order valence-corrected chi connectivity index (χ4v) is 4.11. The number of aryl methyl sites for hydroxylation is 1. The monoisotopic (exact) mass is 303 g/mol. The van der Waals surface area contributed by atoms with Crippen molar-refractivity contribution in [2.75, 3.05) is 13.1 Å². The number of aromatic amines is 1. The Morgan fingerprint density at radius 1 is 1.27 bits per heavy atom. The average molecular weight is 303 g/mol. The summed E-state index contributed by atoms with van der Waals surface area (Å²) in [5.74, 6) is 0.0463. The van der Waals surface area contributed by atoms with Crippen LogP contribution >= 0.6 is 0 Å². The van der Waals surface area contributed by atoms with Gasteiger partial charge in [0.1, 0.15) is 0 Å². The fourth-order valence-electron chi connectivity index (χ4n) is 4.11. The van der Waals surface area contributed by atoms with Crippen molar-refractivity contribution in [2.24, 2.45) is 0 Å². The first kappa shape index (κ1) is 15.3. The minimum absolute atomic E-state index is 0.0463. The van der Waals surface area contributed by atoms with Crippen LogP contribution in [0.3, 0.4) is 0 Å². The van der Waals surface area contributed by atoms with Crippen molar-refractivity contribution < 1.29 is 4.79 Å². The second-order valence-corrected chi connectivity index (χ2v) is 6.86. The average Bonchev–Trinajstić information content (AvgIpc) is 2.73. The maximum atomic E-state index is 12.8. The SMILES string of the molecule is Cc1cc(=O)[nH]cc1C(=O)N1CC[C@H]2CC[C@@H](C1)N2C(C)C. The van der Waals surface area contributed by atoms with E-state index in [0.29, 0.717) is 23.7 Å². The molecule has 2 saturated heterocycles. The van der Waals surface area contributed by atoms with Gasteiger partial charge in [-0.1, -0.05) is 0 Å². The van der Waals surface area contributed by atoms with E-state index in [-0.39, 0.29) is 11.5 Å². The van der Waals surface area contributed by atoms with E-state index in [0.717, 1.165) is 25.1 Å². The van der Waals surface area contributed by atoms with Crippen LogP contribution < -0.4 is 5.56 Å². The molecule has 0 aromatic carbocycles. The number of carbonyl (C=O) groups is 1. The van der Waals surface area contributed by atoms with Crippen LogP contribution in [0.5, 0.6) is 0 Å². The molecular formula is C17H25N3O2. The molecule has 5 heteroatoms. The molecule has 3 heterocycles. The number of aromatic nitrogens is 1. The minimum atomic E-state index is -0.157. The molecule has 0 radical (unpaired) electrons. The van der Waals surface area contributed by atoms with Gasteiger partial charge in [-0.15, -0.1) is 0 Å². The molecule has 2 aliphatic rings. The molecule has 2 aliphatic heterocycles. The number of likely N-dealkylation sites (tertiary alicyclic amines) is 1. The third kappa shape index (κ3) is 2.70. The zero-order valence-corrected chi connectivity index (χ0v) is 13.6. The van der Waals surface area contributed by atoms with Crippen LogP contribution in [-0.4, -0.2) is 51.9 Å². The maximum Gasteiger partial charge on any atom is 0.255 e. The molecular weight excluding hydrogens is 278 g/mol. The highest BCUT2D eigenvalue weighted by molar-refractivity contribution is 5.95. The number of rotatable bonds is 2. The summed E-state index contributed by atoms with van der Waals surface area (Å²) in [6.45, 7) is 7.92. The van der Waals surface area contributed by atoms with Gasteiger partial charge in [-0.05, 0) is 45.6 Å². The largest absolute Gasteiger partial charge is 0.337 e. The third-order valence-electron chi connectivity index (χ3n) is 5.08. The molecule has 120 valence electrons. The van der Waals surface area contributed by atoms with E-state index in [9.17, 15) is 9.59 Å². The molecule has 5 nitrogen and oxygen atoms in total. The van der Waals surface area contributed by atoms with Crippen molar-refractivity contribution in [3.8, 4) is 0 Å². The summed E-state index contributed by atoms with van der Waals surface area (Å²) < 4.78 is 0. The number of carbonyl (C=O) groups excluding carboxylic acids is 1. The first-order valence-corrected chi connectivity index (χ1v) is 8.23. The molecule has 22 heavy (non-hydrogen) atoms. The van der Waals surface area contributed by atoms with Crippen molar-refractivity contribution in [3.05, 3.63) is 33.7 Å².